The first-order valence-electron chi connectivity index (χ1n) is 8.01. The minimum atomic E-state index is -0.0429. The number of carbonyl (C=O) groups excluding carboxylic acids is 1. The zero-order valence-electron chi connectivity index (χ0n) is 12.7. The smallest absolute Gasteiger partial charge is 0.239 e. The van der Waals surface area contributed by atoms with Gasteiger partial charge in [-0.15, -0.1) is 23.1 Å². The van der Waals surface area contributed by atoms with Crippen molar-refractivity contribution < 1.29 is 4.79 Å². The van der Waals surface area contributed by atoms with E-state index in [1.165, 1.54) is 15.3 Å². The van der Waals surface area contributed by atoms with Crippen LogP contribution in [0.3, 0.4) is 0 Å². The molecule has 1 saturated heterocycles. The second-order valence-corrected chi connectivity index (χ2v) is 8.31. The molecule has 1 unspecified atom stereocenters. The van der Waals surface area contributed by atoms with Gasteiger partial charge in [0.05, 0.1) is 5.25 Å². The summed E-state index contributed by atoms with van der Waals surface area (Å²) in [4.78, 5) is 19.4. The summed E-state index contributed by atoms with van der Waals surface area (Å²) >= 11 is 3.29. The van der Waals surface area contributed by atoms with Gasteiger partial charge in [0.25, 0.3) is 0 Å². The molecule has 0 saturated carbocycles. The fourth-order valence-corrected chi connectivity index (χ4v) is 5.34. The SMILES string of the molecule is O=C(Nc1ncc(C2CCNCC2)s1)C1Cc2ccccc2S1. The number of carbonyl (C=O) groups is 1. The number of benzene rings is 1. The van der Waals surface area contributed by atoms with Crippen LogP contribution in [0.1, 0.15) is 29.2 Å². The molecule has 1 aromatic heterocycles. The number of hydrogen-bond acceptors (Lipinski definition) is 5. The highest BCUT2D eigenvalue weighted by Crippen LogP contribution is 2.38. The Balaban J connectivity index is 1.39. The third-order valence-electron chi connectivity index (χ3n) is 4.43. The van der Waals surface area contributed by atoms with Crippen LogP contribution in [-0.4, -0.2) is 29.2 Å². The second-order valence-electron chi connectivity index (χ2n) is 6.00. The minimum Gasteiger partial charge on any atom is -0.317 e. The van der Waals surface area contributed by atoms with Gasteiger partial charge in [0.15, 0.2) is 5.13 Å². The van der Waals surface area contributed by atoms with Crippen LogP contribution >= 0.6 is 23.1 Å². The van der Waals surface area contributed by atoms with E-state index in [4.69, 9.17) is 0 Å². The van der Waals surface area contributed by atoms with E-state index in [1.807, 2.05) is 18.3 Å². The number of thioether (sulfide) groups is 1. The Hall–Kier alpha value is -1.37. The highest BCUT2D eigenvalue weighted by Gasteiger charge is 2.28. The van der Waals surface area contributed by atoms with Gasteiger partial charge in [0.1, 0.15) is 0 Å². The summed E-state index contributed by atoms with van der Waals surface area (Å²) in [5.74, 6) is 0.655. The summed E-state index contributed by atoms with van der Waals surface area (Å²) in [6, 6.07) is 8.25. The van der Waals surface area contributed by atoms with Crippen molar-refractivity contribution in [2.45, 2.75) is 35.3 Å². The number of thiazole rings is 1. The molecule has 2 aliphatic rings. The second kappa shape index (κ2) is 6.63. The van der Waals surface area contributed by atoms with Crippen LogP contribution in [-0.2, 0) is 11.2 Å². The molecule has 3 heterocycles. The molecule has 1 atom stereocenters. The number of amides is 1. The average molecular weight is 345 g/mol. The fourth-order valence-electron chi connectivity index (χ4n) is 3.15. The highest BCUT2D eigenvalue weighted by molar-refractivity contribution is 8.01. The van der Waals surface area contributed by atoms with E-state index in [1.54, 1.807) is 23.1 Å². The number of hydrogen-bond donors (Lipinski definition) is 2. The van der Waals surface area contributed by atoms with Gasteiger partial charge in [-0.05, 0) is 49.9 Å². The zero-order chi connectivity index (χ0) is 15.6. The van der Waals surface area contributed by atoms with Crippen molar-refractivity contribution in [3.05, 3.63) is 40.9 Å². The molecule has 0 spiro atoms. The van der Waals surface area contributed by atoms with E-state index in [2.05, 4.69) is 27.8 Å². The summed E-state index contributed by atoms with van der Waals surface area (Å²) in [5, 5.41) is 7.08. The fraction of sp³-hybridized carbons (Fsp3) is 0.412. The van der Waals surface area contributed by atoms with E-state index in [9.17, 15) is 4.79 Å². The monoisotopic (exact) mass is 345 g/mol. The Morgan fingerprint density at radius 1 is 1.26 bits per heavy atom. The van der Waals surface area contributed by atoms with Crippen LogP contribution in [0.5, 0.6) is 0 Å². The maximum Gasteiger partial charge on any atom is 0.239 e. The lowest BCUT2D eigenvalue weighted by atomic mass is 9.97. The predicted molar refractivity (Wildman–Crippen MR) is 95.4 cm³/mol. The van der Waals surface area contributed by atoms with Gasteiger partial charge in [-0.3, -0.25) is 4.79 Å². The Labute approximate surface area is 144 Å². The first-order chi connectivity index (χ1) is 11.3. The number of anilines is 1. The van der Waals surface area contributed by atoms with Gasteiger partial charge in [-0.2, -0.15) is 0 Å². The first kappa shape index (κ1) is 15.2. The van der Waals surface area contributed by atoms with E-state index in [0.29, 0.717) is 5.92 Å². The number of fused-ring (bicyclic) bond motifs is 1. The quantitative estimate of drug-likeness (QED) is 0.896. The molecule has 4 rings (SSSR count). The molecule has 0 radical (unpaired) electrons. The lowest BCUT2D eigenvalue weighted by molar-refractivity contribution is -0.115. The molecule has 1 fully saturated rings. The summed E-state index contributed by atoms with van der Waals surface area (Å²) < 4.78 is 0. The maximum atomic E-state index is 12.5. The predicted octanol–water partition coefficient (Wildman–Crippen LogP) is 3.27. The van der Waals surface area contributed by atoms with E-state index >= 15 is 0 Å². The third-order valence-corrected chi connectivity index (χ3v) is 6.83. The Bertz CT molecular complexity index is 684. The number of aromatic nitrogens is 1. The molecule has 1 aromatic carbocycles. The minimum absolute atomic E-state index is 0.0429. The topological polar surface area (TPSA) is 54.0 Å². The Morgan fingerprint density at radius 2 is 2.09 bits per heavy atom. The van der Waals surface area contributed by atoms with E-state index in [0.717, 1.165) is 37.5 Å². The van der Waals surface area contributed by atoms with E-state index in [-0.39, 0.29) is 11.2 Å². The van der Waals surface area contributed by atoms with Crippen LogP contribution in [0.4, 0.5) is 5.13 Å². The molecule has 120 valence electrons. The van der Waals surface area contributed by atoms with Crippen molar-refractivity contribution in [3.63, 3.8) is 0 Å². The molecule has 4 nitrogen and oxygen atoms in total. The van der Waals surface area contributed by atoms with Gasteiger partial charge < -0.3 is 10.6 Å². The lowest BCUT2D eigenvalue weighted by Crippen LogP contribution is -2.26. The molecule has 0 aliphatic carbocycles. The molecule has 1 amide bonds. The third kappa shape index (κ3) is 3.29. The normalized spacial score (nSPS) is 21.1. The van der Waals surface area contributed by atoms with Crippen molar-refractivity contribution in [2.24, 2.45) is 0 Å². The van der Waals surface area contributed by atoms with Gasteiger partial charge >= 0.3 is 0 Å². The molecule has 23 heavy (non-hydrogen) atoms. The van der Waals surface area contributed by atoms with Crippen LogP contribution in [0, 0.1) is 0 Å². The first-order valence-corrected chi connectivity index (χ1v) is 9.71. The van der Waals surface area contributed by atoms with Gasteiger partial charge in [0.2, 0.25) is 5.91 Å². The number of rotatable bonds is 3. The number of nitrogens with one attached hydrogen (secondary N) is 2. The summed E-state index contributed by atoms with van der Waals surface area (Å²) in [5.41, 5.74) is 1.27. The lowest BCUT2D eigenvalue weighted by Gasteiger charge is -2.20. The molecule has 2 aromatic rings. The maximum absolute atomic E-state index is 12.5. The Morgan fingerprint density at radius 3 is 2.91 bits per heavy atom. The number of nitrogens with zero attached hydrogens (tertiary/aromatic N) is 1. The van der Waals surface area contributed by atoms with Crippen molar-refractivity contribution in [3.8, 4) is 0 Å². The molecule has 2 aliphatic heterocycles. The van der Waals surface area contributed by atoms with Crippen molar-refractivity contribution in [1.82, 2.24) is 10.3 Å². The van der Waals surface area contributed by atoms with E-state index < -0.39 is 0 Å². The van der Waals surface area contributed by atoms with Crippen LogP contribution in [0.2, 0.25) is 0 Å². The molecule has 6 heteroatoms. The summed E-state index contributed by atoms with van der Waals surface area (Å²) in [7, 11) is 0. The molecular weight excluding hydrogens is 326 g/mol. The van der Waals surface area contributed by atoms with Crippen molar-refractivity contribution >= 4 is 34.1 Å². The van der Waals surface area contributed by atoms with Gasteiger partial charge in [-0.25, -0.2) is 4.98 Å². The van der Waals surface area contributed by atoms with Gasteiger partial charge in [0, 0.05) is 16.0 Å². The molecular formula is C17H19N3OS2. The largest absolute Gasteiger partial charge is 0.317 e. The summed E-state index contributed by atoms with van der Waals surface area (Å²) in [6.45, 7) is 2.14. The number of piperidine rings is 1. The van der Waals surface area contributed by atoms with Crippen LogP contribution < -0.4 is 10.6 Å². The Kier molecular flexibility index (Phi) is 4.37. The standard InChI is InChI=1S/C17H19N3OS2/c21-16(14-9-12-3-1-2-4-13(12)22-14)20-17-19-10-15(23-17)11-5-7-18-8-6-11/h1-4,10-11,14,18H,5-9H2,(H,19,20,21). The highest BCUT2D eigenvalue weighted by atomic mass is 32.2. The molecule has 2 N–H and O–H groups in total. The van der Waals surface area contributed by atoms with Crippen LogP contribution in [0.15, 0.2) is 35.4 Å². The molecule has 0 bridgehead atoms. The zero-order valence-corrected chi connectivity index (χ0v) is 14.4. The van der Waals surface area contributed by atoms with Gasteiger partial charge in [-0.1, -0.05) is 18.2 Å². The summed E-state index contributed by atoms with van der Waals surface area (Å²) in [6.07, 6.45) is 5.05. The van der Waals surface area contributed by atoms with Crippen molar-refractivity contribution in [1.29, 1.82) is 0 Å². The van der Waals surface area contributed by atoms with Crippen molar-refractivity contribution in [2.75, 3.05) is 18.4 Å². The van der Waals surface area contributed by atoms with Crippen LogP contribution in [0.25, 0.3) is 0 Å². The average Bonchev–Trinajstić information content (AvgIpc) is 3.22.